The number of likely N-dealkylation sites (tertiary alicyclic amines) is 1. The molecule has 2 aliphatic rings. The summed E-state index contributed by atoms with van der Waals surface area (Å²) >= 11 is 0. The summed E-state index contributed by atoms with van der Waals surface area (Å²) in [6.07, 6.45) is 6.88. The van der Waals surface area contributed by atoms with Crippen LogP contribution in [0, 0.1) is 0 Å². The van der Waals surface area contributed by atoms with Gasteiger partial charge in [0.1, 0.15) is 0 Å². The Labute approximate surface area is 159 Å². The van der Waals surface area contributed by atoms with E-state index in [-0.39, 0.29) is 18.7 Å². The Balaban J connectivity index is 1.18. The van der Waals surface area contributed by atoms with Gasteiger partial charge >= 0.3 is 0 Å². The Bertz CT molecular complexity index is 773. The van der Waals surface area contributed by atoms with Gasteiger partial charge in [-0.3, -0.25) is 14.7 Å². The molecular formula is C21H25N3O3. The maximum absolute atomic E-state index is 12.3. The van der Waals surface area contributed by atoms with E-state index < -0.39 is 0 Å². The quantitative estimate of drug-likeness (QED) is 0.850. The molecule has 142 valence electrons. The fourth-order valence-electron chi connectivity index (χ4n) is 3.64. The fraction of sp³-hybridized carbons (Fsp3) is 0.429. The highest BCUT2D eigenvalue weighted by Gasteiger charge is 2.21. The Morgan fingerprint density at radius 3 is 2.67 bits per heavy atom. The molecular weight excluding hydrogens is 342 g/mol. The number of piperidine rings is 1. The first-order valence-corrected chi connectivity index (χ1v) is 9.55. The summed E-state index contributed by atoms with van der Waals surface area (Å²) in [5.74, 6) is 1.68. The van der Waals surface area contributed by atoms with Crippen molar-refractivity contribution in [2.75, 3.05) is 19.9 Å². The highest BCUT2D eigenvalue weighted by Crippen LogP contribution is 2.32. The number of benzene rings is 1. The number of carbonyl (C=O) groups excluding carboxylic acids is 1. The lowest BCUT2D eigenvalue weighted by Crippen LogP contribution is -2.44. The van der Waals surface area contributed by atoms with Crippen LogP contribution < -0.4 is 14.8 Å². The minimum Gasteiger partial charge on any atom is -0.454 e. The molecule has 6 nitrogen and oxygen atoms in total. The molecule has 1 N–H and O–H groups in total. The van der Waals surface area contributed by atoms with Gasteiger partial charge in [-0.15, -0.1) is 0 Å². The molecule has 1 aromatic carbocycles. The largest absolute Gasteiger partial charge is 0.454 e. The van der Waals surface area contributed by atoms with E-state index in [1.165, 1.54) is 5.56 Å². The van der Waals surface area contributed by atoms with E-state index in [4.69, 9.17) is 9.47 Å². The third-order valence-electron chi connectivity index (χ3n) is 5.19. The maximum atomic E-state index is 12.3. The van der Waals surface area contributed by atoms with Gasteiger partial charge in [0.05, 0.1) is 0 Å². The number of hydrogen-bond acceptors (Lipinski definition) is 5. The lowest BCUT2D eigenvalue weighted by Gasteiger charge is -2.32. The van der Waals surface area contributed by atoms with E-state index in [2.05, 4.69) is 27.3 Å². The number of amides is 1. The average Bonchev–Trinajstić information content (AvgIpc) is 3.17. The van der Waals surface area contributed by atoms with Gasteiger partial charge in [-0.05, 0) is 54.7 Å². The van der Waals surface area contributed by atoms with Gasteiger partial charge in [-0.25, -0.2) is 0 Å². The van der Waals surface area contributed by atoms with Crippen LogP contribution in [-0.4, -0.2) is 41.7 Å². The first kappa shape index (κ1) is 17.8. The van der Waals surface area contributed by atoms with Crippen LogP contribution >= 0.6 is 0 Å². The van der Waals surface area contributed by atoms with Crippen molar-refractivity contribution in [2.24, 2.45) is 0 Å². The van der Waals surface area contributed by atoms with Crippen LogP contribution in [0.1, 0.15) is 30.4 Å². The molecule has 0 aliphatic carbocycles. The van der Waals surface area contributed by atoms with Gasteiger partial charge in [0.2, 0.25) is 12.7 Å². The lowest BCUT2D eigenvalue weighted by atomic mass is 10.0. The predicted molar refractivity (Wildman–Crippen MR) is 102 cm³/mol. The Morgan fingerprint density at radius 1 is 1.07 bits per heavy atom. The summed E-state index contributed by atoms with van der Waals surface area (Å²) < 4.78 is 10.7. The van der Waals surface area contributed by atoms with Crippen LogP contribution in [0.15, 0.2) is 42.7 Å². The van der Waals surface area contributed by atoms with Gasteiger partial charge in [0, 0.05) is 44.5 Å². The maximum Gasteiger partial charge on any atom is 0.231 e. The number of fused-ring (bicyclic) bond motifs is 1. The summed E-state index contributed by atoms with van der Waals surface area (Å²) in [5.41, 5.74) is 2.39. The van der Waals surface area contributed by atoms with Gasteiger partial charge in [-0.2, -0.15) is 0 Å². The molecule has 27 heavy (non-hydrogen) atoms. The van der Waals surface area contributed by atoms with Crippen LogP contribution in [-0.2, 0) is 17.8 Å². The second-order valence-electron chi connectivity index (χ2n) is 7.16. The number of aryl methyl sites for hydroxylation is 1. The number of nitrogens with zero attached hydrogens (tertiary/aromatic N) is 2. The summed E-state index contributed by atoms with van der Waals surface area (Å²) in [7, 11) is 0. The Kier molecular flexibility index (Phi) is 5.53. The molecule has 2 aliphatic heterocycles. The van der Waals surface area contributed by atoms with Crippen molar-refractivity contribution >= 4 is 5.91 Å². The highest BCUT2D eigenvalue weighted by molar-refractivity contribution is 5.76. The van der Waals surface area contributed by atoms with Crippen molar-refractivity contribution in [1.82, 2.24) is 15.2 Å². The molecule has 0 saturated carbocycles. The van der Waals surface area contributed by atoms with E-state index in [9.17, 15) is 4.79 Å². The summed E-state index contributed by atoms with van der Waals surface area (Å²) in [4.78, 5) is 18.8. The molecule has 1 fully saturated rings. The van der Waals surface area contributed by atoms with E-state index in [0.29, 0.717) is 12.8 Å². The fourth-order valence-corrected chi connectivity index (χ4v) is 3.64. The third-order valence-corrected chi connectivity index (χ3v) is 5.19. The van der Waals surface area contributed by atoms with E-state index in [1.807, 2.05) is 30.6 Å². The van der Waals surface area contributed by atoms with Crippen molar-refractivity contribution in [1.29, 1.82) is 0 Å². The Hall–Kier alpha value is -2.60. The summed E-state index contributed by atoms with van der Waals surface area (Å²) in [5, 5.41) is 3.19. The van der Waals surface area contributed by atoms with Crippen LogP contribution in [0.5, 0.6) is 11.5 Å². The molecule has 3 heterocycles. The molecule has 0 radical (unpaired) electrons. The van der Waals surface area contributed by atoms with E-state index >= 15 is 0 Å². The lowest BCUT2D eigenvalue weighted by molar-refractivity contribution is -0.122. The number of aromatic nitrogens is 1. The molecule has 1 amide bonds. The van der Waals surface area contributed by atoms with Crippen molar-refractivity contribution < 1.29 is 14.3 Å². The molecule has 0 spiro atoms. The molecule has 4 rings (SSSR count). The summed E-state index contributed by atoms with van der Waals surface area (Å²) in [6, 6.07) is 10.3. The average molecular weight is 367 g/mol. The van der Waals surface area contributed by atoms with Crippen LogP contribution in [0.3, 0.4) is 0 Å². The normalized spacial score (nSPS) is 17.0. The van der Waals surface area contributed by atoms with Crippen molar-refractivity contribution in [3.05, 3.63) is 53.9 Å². The molecule has 1 aromatic heterocycles. The second-order valence-corrected chi connectivity index (χ2v) is 7.16. The molecule has 6 heteroatoms. The molecule has 0 unspecified atom stereocenters. The SMILES string of the molecule is O=C(CCc1ccc2c(c1)OCO2)NC1CCN(Cc2ccncc2)CC1. The zero-order chi connectivity index (χ0) is 18.5. The minimum atomic E-state index is 0.125. The van der Waals surface area contributed by atoms with Gasteiger partial charge in [0.25, 0.3) is 0 Å². The standard InChI is InChI=1S/C21H25N3O3/c25-21(4-2-16-1-3-19-20(13-16)27-15-26-19)23-18-7-11-24(12-8-18)14-17-5-9-22-10-6-17/h1,3,5-6,9-10,13,18H,2,4,7-8,11-12,14-15H2,(H,23,25). The molecule has 0 atom stereocenters. The minimum absolute atomic E-state index is 0.125. The molecule has 0 bridgehead atoms. The highest BCUT2D eigenvalue weighted by atomic mass is 16.7. The van der Waals surface area contributed by atoms with E-state index in [1.54, 1.807) is 0 Å². The topological polar surface area (TPSA) is 63.7 Å². The number of rotatable bonds is 6. The number of hydrogen-bond donors (Lipinski definition) is 1. The Morgan fingerprint density at radius 2 is 1.85 bits per heavy atom. The van der Waals surface area contributed by atoms with E-state index in [0.717, 1.165) is 49.5 Å². The zero-order valence-corrected chi connectivity index (χ0v) is 15.4. The van der Waals surface area contributed by atoms with Crippen molar-refractivity contribution in [2.45, 2.75) is 38.3 Å². The monoisotopic (exact) mass is 367 g/mol. The number of ether oxygens (including phenoxy) is 2. The summed E-state index contributed by atoms with van der Waals surface area (Å²) in [6.45, 7) is 3.25. The van der Waals surface area contributed by atoms with Crippen molar-refractivity contribution in [3.63, 3.8) is 0 Å². The second kappa shape index (κ2) is 8.39. The number of pyridine rings is 1. The van der Waals surface area contributed by atoms with Crippen LogP contribution in [0.4, 0.5) is 0 Å². The third kappa shape index (κ3) is 4.77. The number of nitrogens with one attached hydrogen (secondary N) is 1. The first-order valence-electron chi connectivity index (χ1n) is 9.55. The number of carbonyl (C=O) groups is 1. The van der Waals surface area contributed by atoms with Gasteiger partial charge in [-0.1, -0.05) is 6.07 Å². The smallest absolute Gasteiger partial charge is 0.231 e. The first-order chi connectivity index (χ1) is 13.3. The predicted octanol–water partition coefficient (Wildman–Crippen LogP) is 2.52. The van der Waals surface area contributed by atoms with Crippen LogP contribution in [0.2, 0.25) is 0 Å². The molecule has 1 saturated heterocycles. The van der Waals surface area contributed by atoms with Crippen LogP contribution in [0.25, 0.3) is 0 Å². The van der Waals surface area contributed by atoms with Gasteiger partial charge < -0.3 is 14.8 Å². The van der Waals surface area contributed by atoms with Gasteiger partial charge in [0.15, 0.2) is 11.5 Å². The molecule has 2 aromatic rings. The van der Waals surface area contributed by atoms with Crippen molar-refractivity contribution in [3.8, 4) is 11.5 Å². The zero-order valence-electron chi connectivity index (χ0n) is 15.4.